The summed E-state index contributed by atoms with van der Waals surface area (Å²) < 4.78 is 0. The third-order valence-electron chi connectivity index (χ3n) is 6.02. The molecule has 0 heterocycles. The average Bonchev–Trinajstić information content (AvgIpc) is 2.62. The fourth-order valence-electron chi connectivity index (χ4n) is 4.50. The molecule has 1 aliphatic carbocycles. The number of allylic oxidation sites excluding steroid dienone is 8. The first-order valence-electron chi connectivity index (χ1n) is 11.1. The highest BCUT2D eigenvalue weighted by atomic mass is 14.4. The van der Waals surface area contributed by atoms with E-state index in [1.165, 1.54) is 44.9 Å². The summed E-state index contributed by atoms with van der Waals surface area (Å²) in [6, 6.07) is 0. The summed E-state index contributed by atoms with van der Waals surface area (Å²) in [4.78, 5) is 0. The summed E-state index contributed by atoms with van der Waals surface area (Å²) in [5, 5.41) is 0. The van der Waals surface area contributed by atoms with Crippen molar-refractivity contribution in [3.8, 4) is 0 Å². The van der Waals surface area contributed by atoms with Gasteiger partial charge in [0.25, 0.3) is 0 Å². The zero-order chi connectivity index (χ0) is 20.3. The van der Waals surface area contributed by atoms with Crippen LogP contribution in [0.2, 0.25) is 0 Å². The molecule has 0 heteroatoms. The van der Waals surface area contributed by atoms with Crippen molar-refractivity contribution in [3.05, 3.63) is 60.3 Å². The van der Waals surface area contributed by atoms with E-state index >= 15 is 0 Å². The van der Waals surface area contributed by atoms with Crippen LogP contribution in [0.3, 0.4) is 0 Å². The molecule has 0 aliphatic heterocycles. The maximum Gasteiger partial charge on any atom is -0.00766 e. The first-order chi connectivity index (χ1) is 12.9. The van der Waals surface area contributed by atoms with Gasteiger partial charge in [0.05, 0.1) is 0 Å². The van der Waals surface area contributed by atoms with E-state index in [2.05, 4.69) is 78.2 Å². The van der Waals surface area contributed by atoms with Crippen LogP contribution in [0, 0.1) is 17.3 Å². The molecular weight excluding hydrogens is 324 g/mol. The van der Waals surface area contributed by atoms with E-state index in [1.807, 2.05) is 0 Å². The van der Waals surface area contributed by atoms with Crippen molar-refractivity contribution in [2.45, 2.75) is 92.4 Å². The van der Waals surface area contributed by atoms with Gasteiger partial charge in [0, 0.05) is 0 Å². The normalized spacial score (nSPS) is 18.3. The van der Waals surface area contributed by atoms with Crippen LogP contribution in [0.1, 0.15) is 92.4 Å². The van der Waals surface area contributed by atoms with Crippen LogP contribution in [0.15, 0.2) is 60.3 Å². The fraction of sp³-hybridized carbons (Fsp3) is 0.630. The molecule has 152 valence electrons. The molecule has 0 saturated heterocycles. The summed E-state index contributed by atoms with van der Waals surface area (Å²) in [6.45, 7) is 19.5. The predicted octanol–water partition coefficient (Wildman–Crippen LogP) is 8.98. The van der Waals surface area contributed by atoms with Gasteiger partial charge in [-0.2, -0.15) is 0 Å². The van der Waals surface area contributed by atoms with Gasteiger partial charge in [0.15, 0.2) is 0 Å². The van der Waals surface area contributed by atoms with Crippen molar-refractivity contribution in [2.24, 2.45) is 17.3 Å². The van der Waals surface area contributed by atoms with Gasteiger partial charge in [-0.15, -0.1) is 13.2 Å². The molecule has 0 spiro atoms. The molecule has 1 rings (SSSR count). The van der Waals surface area contributed by atoms with Gasteiger partial charge in [0.1, 0.15) is 0 Å². The summed E-state index contributed by atoms with van der Waals surface area (Å²) in [5.41, 5.74) is 5.24. The van der Waals surface area contributed by atoms with Crippen LogP contribution in [-0.2, 0) is 0 Å². The predicted molar refractivity (Wildman–Crippen MR) is 124 cm³/mol. The molecule has 0 fully saturated rings. The monoisotopic (exact) mass is 368 g/mol. The third-order valence-corrected chi connectivity index (χ3v) is 6.02. The highest BCUT2D eigenvalue weighted by molar-refractivity contribution is 5.38. The summed E-state index contributed by atoms with van der Waals surface area (Å²) in [6.07, 6.45) is 22.5. The Labute approximate surface area is 170 Å². The topological polar surface area (TPSA) is 0 Å². The lowest BCUT2D eigenvalue weighted by atomic mass is 9.66. The largest absolute Gasteiger partial charge is 0.103 e. The molecule has 0 aromatic heterocycles. The first-order valence-corrected chi connectivity index (χ1v) is 11.1. The molecule has 0 nitrogen and oxygen atoms in total. The van der Waals surface area contributed by atoms with Crippen molar-refractivity contribution >= 4 is 0 Å². The van der Waals surface area contributed by atoms with Crippen LogP contribution in [0.25, 0.3) is 0 Å². The Balaban J connectivity index is 3.09. The lowest BCUT2D eigenvalue weighted by Gasteiger charge is -2.39. The zero-order valence-corrected chi connectivity index (χ0v) is 18.8. The van der Waals surface area contributed by atoms with Crippen LogP contribution in [-0.4, -0.2) is 0 Å². The van der Waals surface area contributed by atoms with Crippen LogP contribution in [0.5, 0.6) is 0 Å². The first kappa shape index (κ1) is 23.7. The van der Waals surface area contributed by atoms with Crippen molar-refractivity contribution in [2.75, 3.05) is 0 Å². The van der Waals surface area contributed by atoms with Crippen molar-refractivity contribution in [1.82, 2.24) is 0 Å². The van der Waals surface area contributed by atoms with Crippen molar-refractivity contribution < 1.29 is 0 Å². The zero-order valence-electron chi connectivity index (χ0n) is 18.8. The smallest absolute Gasteiger partial charge is 0.00766 e. The Bertz CT molecular complexity index is 551. The molecule has 27 heavy (non-hydrogen) atoms. The molecule has 1 unspecified atom stereocenters. The highest BCUT2D eigenvalue weighted by Crippen LogP contribution is 2.46. The minimum absolute atomic E-state index is 0.216. The maximum atomic E-state index is 3.87. The highest BCUT2D eigenvalue weighted by Gasteiger charge is 2.33. The average molecular weight is 369 g/mol. The van der Waals surface area contributed by atoms with E-state index in [9.17, 15) is 0 Å². The maximum absolute atomic E-state index is 3.87. The Morgan fingerprint density at radius 1 is 1.04 bits per heavy atom. The number of hydrogen-bond acceptors (Lipinski definition) is 0. The second kappa shape index (κ2) is 12.2. The van der Waals surface area contributed by atoms with E-state index < -0.39 is 0 Å². The molecule has 0 bridgehead atoms. The van der Waals surface area contributed by atoms with Crippen molar-refractivity contribution in [3.63, 3.8) is 0 Å². The summed E-state index contributed by atoms with van der Waals surface area (Å²) in [5.74, 6) is 1.25. The molecule has 0 amide bonds. The SMILES string of the molecule is C=CCCCCC1=CC(C(C)C)=C(CCCCC=C)CC1C(C)(C)C=CC. The summed E-state index contributed by atoms with van der Waals surface area (Å²) in [7, 11) is 0. The third kappa shape index (κ3) is 7.68. The Morgan fingerprint density at radius 3 is 2.15 bits per heavy atom. The second-order valence-electron chi connectivity index (χ2n) is 9.08. The molecule has 0 radical (unpaired) electrons. The molecular formula is C27H44. The fourth-order valence-corrected chi connectivity index (χ4v) is 4.50. The standard InChI is InChI=1S/C27H44/c1-8-11-13-15-17-23-21-26(27(6,7)19-10-3)24(18-16-14-12-9-2)20-25(23)22(4)5/h8-10,19-20,22,26H,1-2,11-18,21H2,3-7H3. The lowest BCUT2D eigenvalue weighted by Crippen LogP contribution is -2.27. The number of unbranched alkanes of at least 4 members (excludes halogenated alkanes) is 4. The Kier molecular flexibility index (Phi) is 10.7. The van der Waals surface area contributed by atoms with Gasteiger partial charge < -0.3 is 0 Å². The number of rotatable bonds is 13. The van der Waals surface area contributed by atoms with Gasteiger partial charge in [-0.3, -0.25) is 0 Å². The molecule has 0 aromatic rings. The van der Waals surface area contributed by atoms with E-state index in [0.717, 1.165) is 12.8 Å². The van der Waals surface area contributed by atoms with Crippen LogP contribution >= 0.6 is 0 Å². The van der Waals surface area contributed by atoms with E-state index in [4.69, 9.17) is 0 Å². The Hall–Kier alpha value is -1.30. The lowest BCUT2D eigenvalue weighted by molar-refractivity contribution is 0.307. The van der Waals surface area contributed by atoms with Gasteiger partial charge in [-0.25, -0.2) is 0 Å². The Morgan fingerprint density at radius 2 is 1.63 bits per heavy atom. The molecule has 0 aromatic carbocycles. The van der Waals surface area contributed by atoms with Crippen molar-refractivity contribution in [1.29, 1.82) is 0 Å². The van der Waals surface area contributed by atoms with Gasteiger partial charge in [0.2, 0.25) is 0 Å². The second-order valence-corrected chi connectivity index (χ2v) is 9.08. The molecule has 1 aliphatic rings. The number of hydrogen-bond donors (Lipinski definition) is 0. The van der Waals surface area contributed by atoms with E-state index in [0.29, 0.717) is 11.8 Å². The van der Waals surface area contributed by atoms with Gasteiger partial charge in [-0.1, -0.05) is 69.2 Å². The van der Waals surface area contributed by atoms with E-state index in [1.54, 1.807) is 16.7 Å². The quantitative estimate of drug-likeness (QED) is 0.225. The minimum atomic E-state index is 0.216. The van der Waals surface area contributed by atoms with E-state index in [-0.39, 0.29) is 5.41 Å². The van der Waals surface area contributed by atoms with Gasteiger partial charge in [-0.05, 0) is 87.5 Å². The molecule has 0 saturated carbocycles. The van der Waals surface area contributed by atoms with Crippen LogP contribution < -0.4 is 0 Å². The molecule has 1 atom stereocenters. The minimum Gasteiger partial charge on any atom is -0.103 e. The molecule has 0 N–H and O–H groups in total. The van der Waals surface area contributed by atoms with Gasteiger partial charge >= 0.3 is 0 Å². The summed E-state index contributed by atoms with van der Waals surface area (Å²) >= 11 is 0. The van der Waals surface area contributed by atoms with Crippen LogP contribution in [0.4, 0.5) is 0 Å².